The first-order chi connectivity index (χ1) is 9.45. The highest BCUT2D eigenvalue weighted by molar-refractivity contribution is 9.10. The van der Waals surface area contributed by atoms with Gasteiger partial charge >= 0.3 is 5.97 Å². The number of aromatic nitrogens is 1. The van der Waals surface area contributed by atoms with Gasteiger partial charge < -0.3 is 10.4 Å². The number of hydrogen-bond donors (Lipinski definition) is 2. The molecule has 1 heterocycles. The minimum absolute atomic E-state index is 0.412. The molecule has 0 saturated carbocycles. The Balaban J connectivity index is 2.33. The first-order valence-corrected chi connectivity index (χ1v) is 6.62. The first-order valence-electron chi connectivity index (χ1n) is 5.82. The summed E-state index contributed by atoms with van der Waals surface area (Å²) in [7, 11) is 0. The topological polar surface area (TPSA) is 62.2 Å². The number of hydrogen-bond acceptors (Lipinski definition) is 3. The predicted octanol–water partition coefficient (Wildman–Crippen LogP) is 3.53. The Hall–Kier alpha value is -1.95. The van der Waals surface area contributed by atoms with Crippen LogP contribution in [0.2, 0.25) is 0 Å². The van der Waals surface area contributed by atoms with Gasteiger partial charge in [0.05, 0.1) is 0 Å². The van der Waals surface area contributed by atoms with Gasteiger partial charge in [0.1, 0.15) is 5.82 Å². The molecule has 1 unspecified atom stereocenters. The summed E-state index contributed by atoms with van der Waals surface area (Å²) in [6.07, 6.45) is 3.03. The predicted molar refractivity (Wildman–Crippen MR) is 77.1 cm³/mol. The van der Waals surface area contributed by atoms with E-state index in [1.165, 1.54) is 18.3 Å². The third-order valence-electron chi connectivity index (χ3n) is 2.66. The van der Waals surface area contributed by atoms with Crippen LogP contribution in [0.1, 0.15) is 17.2 Å². The van der Waals surface area contributed by atoms with E-state index in [4.69, 9.17) is 0 Å². The fraction of sp³-hybridized carbons (Fsp3) is 0.143. The second kappa shape index (κ2) is 6.00. The first kappa shape index (κ1) is 14.5. The van der Waals surface area contributed by atoms with Gasteiger partial charge in [-0.05, 0) is 52.7 Å². The number of nitrogens with one attached hydrogen (secondary N) is 1. The monoisotopic (exact) mass is 338 g/mol. The van der Waals surface area contributed by atoms with Crippen LogP contribution in [0.4, 0.5) is 10.1 Å². The second-order valence-corrected chi connectivity index (χ2v) is 5.29. The number of benzene rings is 1. The average molecular weight is 339 g/mol. The van der Waals surface area contributed by atoms with E-state index in [2.05, 4.69) is 26.2 Å². The molecule has 2 aromatic rings. The van der Waals surface area contributed by atoms with Gasteiger partial charge in [0.25, 0.3) is 0 Å². The Morgan fingerprint density at radius 1 is 1.35 bits per heavy atom. The zero-order valence-electron chi connectivity index (χ0n) is 10.6. The Kier molecular flexibility index (Phi) is 4.34. The fourth-order valence-corrected chi connectivity index (χ4v) is 2.24. The maximum absolute atomic E-state index is 13.3. The Bertz CT molecular complexity index is 629. The van der Waals surface area contributed by atoms with Crippen LogP contribution in [0.3, 0.4) is 0 Å². The number of carbonyl (C=O) groups is 1. The van der Waals surface area contributed by atoms with Gasteiger partial charge in [0.2, 0.25) is 0 Å². The van der Waals surface area contributed by atoms with Gasteiger partial charge in [-0.3, -0.25) is 4.98 Å². The van der Waals surface area contributed by atoms with Crippen LogP contribution in [0.15, 0.2) is 41.1 Å². The molecule has 0 aliphatic heterocycles. The molecule has 6 heteroatoms. The van der Waals surface area contributed by atoms with E-state index in [0.717, 1.165) is 0 Å². The van der Waals surface area contributed by atoms with Gasteiger partial charge in [-0.2, -0.15) is 0 Å². The van der Waals surface area contributed by atoms with Crippen LogP contribution in [-0.2, 0) is 4.79 Å². The highest BCUT2D eigenvalue weighted by Gasteiger charge is 2.20. The summed E-state index contributed by atoms with van der Waals surface area (Å²) in [6, 6.07) is 4.98. The number of pyridine rings is 1. The number of nitrogens with zero attached hydrogens (tertiary/aromatic N) is 1. The lowest BCUT2D eigenvalue weighted by Crippen LogP contribution is -2.20. The number of aliphatic carboxylic acids is 1. The maximum Gasteiger partial charge on any atom is 0.330 e. The molecule has 0 aliphatic carbocycles. The summed E-state index contributed by atoms with van der Waals surface area (Å²) in [6.45, 7) is 1.74. The van der Waals surface area contributed by atoms with E-state index in [1.807, 2.05) is 0 Å². The minimum atomic E-state index is -1.06. The zero-order chi connectivity index (χ0) is 14.7. The van der Waals surface area contributed by atoms with E-state index in [-0.39, 0.29) is 0 Å². The van der Waals surface area contributed by atoms with E-state index in [1.54, 1.807) is 25.3 Å². The normalized spacial score (nSPS) is 11.9. The standard InChI is InChI=1S/C14H12BrFN2O2/c1-8-2-11(16)5-12(3-8)18-13(14(19)20)9-4-10(15)7-17-6-9/h2-7,13,18H,1H3,(H,19,20). The van der Waals surface area contributed by atoms with Crippen LogP contribution >= 0.6 is 15.9 Å². The maximum atomic E-state index is 13.3. The number of rotatable bonds is 4. The Labute approximate surface area is 123 Å². The summed E-state index contributed by atoms with van der Waals surface area (Å²) < 4.78 is 14.0. The minimum Gasteiger partial charge on any atom is -0.479 e. The quantitative estimate of drug-likeness (QED) is 0.895. The van der Waals surface area contributed by atoms with Crippen LogP contribution in [-0.4, -0.2) is 16.1 Å². The Morgan fingerprint density at radius 2 is 2.10 bits per heavy atom. The second-order valence-electron chi connectivity index (χ2n) is 4.37. The van der Waals surface area contributed by atoms with Gasteiger partial charge in [-0.15, -0.1) is 0 Å². The molecule has 0 fully saturated rings. The van der Waals surface area contributed by atoms with E-state index in [9.17, 15) is 14.3 Å². The van der Waals surface area contributed by atoms with Crippen LogP contribution in [0, 0.1) is 12.7 Å². The molecular weight excluding hydrogens is 327 g/mol. The summed E-state index contributed by atoms with van der Waals surface area (Å²) in [4.78, 5) is 15.3. The molecule has 0 amide bonds. The molecular formula is C14H12BrFN2O2. The molecule has 104 valence electrons. The lowest BCUT2D eigenvalue weighted by Gasteiger charge is -2.16. The van der Waals surface area contributed by atoms with Gasteiger partial charge in [0, 0.05) is 28.1 Å². The largest absolute Gasteiger partial charge is 0.479 e. The van der Waals surface area contributed by atoms with E-state index >= 15 is 0 Å². The molecule has 0 spiro atoms. The molecule has 20 heavy (non-hydrogen) atoms. The Morgan fingerprint density at radius 3 is 2.70 bits per heavy atom. The fourth-order valence-electron chi connectivity index (χ4n) is 1.86. The van der Waals surface area contributed by atoms with Gasteiger partial charge in [0.15, 0.2) is 6.04 Å². The number of anilines is 1. The third-order valence-corrected chi connectivity index (χ3v) is 3.09. The van der Waals surface area contributed by atoms with E-state index < -0.39 is 17.8 Å². The molecule has 2 rings (SSSR count). The van der Waals surface area contributed by atoms with Crippen molar-refractivity contribution in [3.8, 4) is 0 Å². The van der Waals surface area contributed by atoms with Crippen molar-refractivity contribution in [2.75, 3.05) is 5.32 Å². The number of carboxylic acid groups (broad SMARTS) is 1. The molecule has 1 atom stereocenters. The number of halogens is 2. The van der Waals surface area contributed by atoms with Crippen molar-refractivity contribution in [3.05, 3.63) is 58.1 Å². The van der Waals surface area contributed by atoms with Gasteiger partial charge in [-0.1, -0.05) is 0 Å². The number of aryl methyl sites for hydroxylation is 1. The number of carboxylic acids is 1. The molecule has 1 aromatic heterocycles. The third kappa shape index (κ3) is 3.54. The summed E-state index contributed by atoms with van der Waals surface area (Å²) in [5.41, 5.74) is 1.60. The van der Waals surface area contributed by atoms with Crippen LogP contribution in [0.25, 0.3) is 0 Å². The zero-order valence-corrected chi connectivity index (χ0v) is 12.2. The van der Waals surface area contributed by atoms with Crippen molar-refractivity contribution in [1.82, 2.24) is 4.98 Å². The van der Waals surface area contributed by atoms with Crippen LogP contribution in [0.5, 0.6) is 0 Å². The highest BCUT2D eigenvalue weighted by Crippen LogP contribution is 2.23. The average Bonchev–Trinajstić information content (AvgIpc) is 2.34. The molecule has 0 radical (unpaired) electrons. The van der Waals surface area contributed by atoms with Crippen molar-refractivity contribution in [3.63, 3.8) is 0 Å². The lowest BCUT2D eigenvalue weighted by atomic mass is 10.1. The smallest absolute Gasteiger partial charge is 0.330 e. The van der Waals surface area contributed by atoms with Crippen molar-refractivity contribution in [2.24, 2.45) is 0 Å². The van der Waals surface area contributed by atoms with Crippen molar-refractivity contribution >= 4 is 27.6 Å². The SMILES string of the molecule is Cc1cc(F)cc(NC(C(=O)O)c2cncc(Br)c2)c1. The lowest BCUT2D eigenvalue weighted by molar-refractivity contribution is -0.138. The molecule has 0 aliphatic rings. The molecule has 0 bridgehead atoms. The molecule has 1 aromatic carbocycles. The van der Waals surface area contributed by atoms with Crippen LogP contribution < -0.4 is 5.32 Å². The van der Waals surface area contributed by atoms with Crippen molar-refractivity contribution < 1.29 is 14.3 Å². The summed E-state index contributed by atoms with van der Waals surface area (Å²) >= 11 is 3.25. The molecule has 2 N–H and O–H groups in total. The summed E-state index contributed by atoms with van der Waals surface area (Å²) in [5, 5.41) is 12.1. The van der Waals surface area contributed by atoms with Crippen molar-refractivity contribution in [1.29, 1.82) is 0 Å². The highest BCUT2D eigenvalue weighted by atomic mass is 79.9. The molecule has 0 saturated heterocycles. The molecule has 4 nitrogen and oxygen atoms in total. The summed E-state index contributed by atoms with van der Waals surface area (Å²) in [5.74, 6) is -1.48. The van der Waals surface area contributed by atoms with Crippen molar-refractivity contribution in [2.45, 2.75) is 13.0 Å². The van der Waals surface area contributed by atoms with E-state index in [0.29, 0.717) is 21.3 Å². The van der Waals surface area contributed by atoms with Gasteiger partial charge in [-0.25, -0.2) is 9.18 Å².